The molecule has 0 saturated carbocycles. The molecule has 1 aliphatic rings. The fourth-order valence-electron chi connectivity index (χ4n) is 3.36. The smallest absolute Gasteiger partial charge is 0.222 e. The van der Waals surface area contributed by atoms with E-state index in [0.717, 1.165) is 39.8 Å². The third-order valence-corrected chi connectivity index (χ3v) is 4.97. The van der Waals surface area contributed by atoms with E-state index in [-0.39, 0.29) is 17.9 Å². The summed E-state index contributed by atoms with van der Waals surface area (Å²) in [4.78, 5) is 15.0. The number of fused-ring (bicyclic) bond motifs is 2. The molecule has 1 atom stereocenters. The maximum absolute atomic E-state index is 11.8. The zero-order valence-electron chi connectivity index (χ0n) is 14.8. The molecule has 1 unspecified atom stereocenters. The average Bonchev–Trinajstić information content (AvgIpc) is 3.24. The summed E-state index contributed by atoms with van der Waals surface area (Å²) in [5, 5.41) is 4.80. The van der Waals surface area contributed by atoms with Gasteiger partial charge in [-0.15, -0.1) is 0 Å². The summed E-state index contributed by atoms with van der Waals surface area (Å²) in [7, 11) is 0. The number of hydrogen-bond donors (Lipinski definition) is 2. The lowest BCUT2D eigenvalue weighted by atomic mass is 9.99. The van der Waals surface area contributed by atoms with Crippen molar-refractivity contribution in [1.82, 2.24) is 10.3 Å². The molecule has 5 heteroatoms. The Bertz CT molecular complexity index is 977. The number of carbonyl (C=O) groups is 1. The number of halogens is 1. The van der Waals surface area contributed by atoms with E-state index < -0.39 is 0 Å². The number of hydrogen-bond acceptors (Lipinski definition) is 2. The molecule has 2 N–H and O–H groups in total. The number of amides is 1. The van der Waals surface area contributed by atoms with Crippen LogP contribution < -0.4 is 10.1 Å². The van der Waals surface area contributed by atoms with Crippen LogP contribution in [0.5, 0.6) is 5.75 Å². The molecule has 0 radical (unpaired) electrons. The highest BCUT2D eigenvalue weighted by Crippen LogP contribution is 2.41. The summed E-state index contributed by atoms with van der Waals surface area (Å²) in [6, 6.07) is 12.2. The normalized spacial score (nSPS) is 15.9. The van der Waals surface area contributed by atoms with Crippen LogP contribution in [0, 0.1) is 5.92 Å². The van der Waals surface area contributed by atoms with Crippen LogP contribution >= 0.6 is 11.6 Å². The van der Waals surface area contributed by atoms with E-state index in [1.165, 1.54) is 0 Å². The number of nitrogens with one attached hydrogen (secondary N) is 2. The van der Waals surface area contributed by atoms with Gasteiger partial charge in [0.15, 0.2) is 0 Å². The van der Waals surface area contributed by atoms with E-state index in [1.54, 1.807) is 0 Å². The fourth-order valence-corrected chi connectivity index (χ4v) is 3.60. The maximum atomic E-state index is 11.8. The second kappa shape index (κ2) is 6.69. The van der Waals surface area contributed by atoms with Crippen molar-refractivity contribution in [3.63, 3.8) is 0 Å². The van der Waals surface area contributed by atoms with Crippen LogP contribution in [0.15, 0.2) is 42.6 Å². The van der Waals surface area contributed by atoms with Gasteiger partial charge in [0.1, 0.15) is 11.9 Å². The van der Waals surface area contributed by atoms with Gasteiger partial charge in [0, 0.05) is 40.2 Å². The molecule has 1 aliphatic heterocycles. The van der Waals surface area contributed by atoms with E-state index in [1.807, 2.05) is 32.2 Å². The highest BCUT2D eigenvalue weighted by atomic mass is 35.5. The Morgan fingerprint density at radius 2 is 2.15 bits per heavy atom. The van der Waals surface area contributed by atoms with Gasteiger partial charge in [0.2, 0.25) is 5.91 Å². The minimum absolute atomic E-state index is 0.0307. The minimum atomic E-state index is -0.0686. The van der Waals surface area contributed by atoms with Crippen molar-refractivity contribution < 1.29 is 9.53 Å². The first kappa shape index (κ1) is 17.0. The monoisotopic (exact) mass is 368 g/mol. The van der Waals surface area contributed by atoms with Gasteiger partial charge in [-0.2, -0.15) is 0 Å². The van der Waals surface area contributed by atoms with Gasteiger partial charge in [-0.05, 0) is 41.3 Å². The van der Waals surface area contributed by atoms with Gasteiger partial charge in [-0.1, -0.05) is 31.5 Å². The van der Waals surface area contributed by atoms with Crippen LogP contribution in [0.4, 0.5) is 0 Å². The largest absolute Gasteiger partial charge is 0.487 e. The predicted octanol–water partition coefficient (Wildman–Crippen LogP) is 4.56. The van der Waals surface area contributed by atoms with Crippen molar-refractivity contribution in [3.8, 4) is 16.9 Å². The third-order valence-electron chi connectivity index (χ3n) is 4.76. The number of ether oxygens (including phenoxy) is 1. The molecule has 0 spiro atoms. The maximum Gasteiger partial charge on any atom is 0.222 e. The van der Waals surface area contributed by atoms with Gasteiger partial charge in [-0.3, -0.25) is 4.79 Å². The van der Waals surface area contributed by atoms with Crippen LogP contribution in [0.1, 0.15) is 19.4 Å². The second-order valence-corrected chi connectivity index (χ2v) is 7.50. The van der Waals surface area contributed by atoms with Crippen LogP contribution in [-0.4, -0.2) is 23.5 Å². The molecular formula is C21H21ClN2O2. The molecule has 134 valence electrons. The Kier molecular flexibility index (Phi) is 4.37. The highest BCUT2D eigenvalue weighted by molar-refractivity contribution is 6.31. The highest BCUT2D eigenvalue weighted by Gasteiger charge is 2.27. The zero-order valence-corrected chi connectivity index (χ0v) is 15.6. The molecule has 2 aromatic carbocycles. The van der Waals surface area contributed by atoms with Crippen molar-refractivity contribution in [2.45, 2.75) is 26.4 Å². The summed E-state index contributed by atoms with van der Waals surface area (Å²) in [6.45, 7) is 4.27. The number of carbonyl (C=O) groups excluding carboxylic acids is 1. The average molecular weight is 369 g/mol. The van der Waals surface area contributed by atoms with Crippen LogP contribution in [0.25, 0.3) is 22.0 Å². The first-order valence-corrected chi connectivity index (χ1v) is 9.23. The molecule has 0 aliphatic carbocycles. The first-order valence-electron chi connectivity index (χ1n) is 8.85. The first-order chi connectivity index (χ1) is 12.5. The van der Waals surface area contributed by atoms with E-state index in [4.69, 9.17) is 16.3 Å². The SMILES string of the molecule is CC(C)C(=O)NCC1Cc2cc(Cl)cc(-c3ccc4[nH]ccc4c3)c2O1. The summed E-state index contributed by atoms with van der Waals surface area (Å²) in [6.07, 6.45) is 2.61. The van der Waals surface area contributed by atoms with E-state index in [0.29, 0.717) is 11.6 Å². The molecule has 26 heavy (non-hydrogen) atoms. The molecule has 3 aromatic rings. The van der Waals surface area contributed by atoms with E-state index in [2.05, 4.69) is 34.6 Å². The van der Waals surface area contributed by atoms with Gasteiger partial charge < -0.3 is 15.0 Å². The number of rotatable bonds is 4. The van der Waals surface area contributed by atoms with Crippen molar-refractivity contribution >= 4 is 28.4 Å². The Morgan fingerprint density at radius 3 is 2.96 bits per heavy atom. The molecule has 4 rings (SSSR count). The van der Waals surface area contributed by atoms with E-state index >= 15 is 0 Å². The van der Waals surface area contributed by atoms with Crippen molar-refractivity contribution in [2.24, 2.45) is 5.92 Å². The minimum Gasteiger partial charge on any atom is -0.487 e. The molecule has 1 amide bonds. The number of H-pyrrole nitrogens is 1. The van der Waals surface area contributed by atoms with Gasteiger partial charge in [-0.25, -0.2) is 0 Å². The van der Waals surface area contributed by atoms with Crippen molar-refractivity contribution in [1.29, 1.82) is 0 Å². The quantitative estimate of drug-likeness (QED) is 0.709. The summed E-state index contributed by atoms with van der Waals surface area (Å²) < 4.78 is 6.19. The predicted molar refractivity (Wildman–Crippen MR) is 105 cm³/mol. The van der Waals surface area contributed by atoms with Gasteiger partial charge in [0.25, 0.3) is 0 Å². The van der Waals surface area contributed by atoms with Crippen molar-refractivity contribution in [3.05, 3.63) is 53.2 Å². The zero-order chi connectivity index (χ0) is 18.3. The topological polar surface area (TPSA) is 54.1 Å². The molecule has 4 nitrogen and oxygen atoms in total. The Morgan fingerprint density at radius 1 is 1.31 bits per heavy atom. The molecule has 2 heterocycles. The molecule has 0 fully saturated rings. The molecule has 1 aromatic heterocycles. The number of aromatic nitrogens is 1. The van der Waals surface area contributed by atoms with Crippen LogP contribution in [0.3, 0.4) is 0 Å². The fraction of sp³-hybridized carbons (Fsp3) is 0.286. The van der Waals surface area contributed by atoms with E-state index in [9.17, 15) is 4.79 Å². The Balaban J connectivity index is 1.62. The summed E-state index contributed by atoms with van der Waals surface area (Å²) in [5.41, 5.74) is 4.25. The lowest BCUT2D eigenvalue weighted by molar-refractivity contribution is -0.124. The molecule has 0 bridgehead atoms. The summed E-state index contributed by atoms with van der Waals surface area (Å²) in [5.74, 6) is 0.880. The molecular weight excluding hydrogens is 348 g/mol. The summed E-state index contributed by atoms with van der Waals surface area (Å²) >= 11 is 6.36. The van der Waals surface area contributed by atoms with Gasteiger partial charge in [0.05, 0.1) is 6.54 Å². The lowest BCUT2D eigenvalue weighted by Gasteiger charge is -2.15. The van der Waals surface area contributed by atoms with Crippen LogP contribution in [-0.2, 0) is 11.2 Å². The lowest BCUT2D eigenvalue weighted by Crippen LogP contribution is -2.36. The number of aromatic amines is 1. The van der Waals surface area contributed by atoms with Crippen molar-refractivity contribution in [2.75, 3.05) is 6.54 Å². The van der Waals surface area contributed by atoms with Gasteiger partial charge >= 0.3 is 0 Å². The third kappa shape index (κ3) is 3.17. The Hall–Kier alpha value is -2.46. The second-order valence-electron chi connectivity index (χ2n) is 7.07. The molecule has 0 saturated heterocycles. The standard InChI is InChI=1S/C21H21ClN2O2/c1-12(2)21(25)24-11-17-9-15-8-16(22)10-18(20(15)26-17)13-3-4-19-14(7-13)5-6-23-19/h3-8,10,12,17,23H,9,11H2,1-2H3,(H,24,25). The van der Waals surface area contributed by atoms with Crippen LogP contribution in [0.2, 0.25) is 5.02 Å². The Labute approximate surface area is 157 Å². The number of benzene rings is 2.